The van der Waals surface area contributed by atoms with Crippen LogP contribution in [0.5, 0.6) is 0 Å². The number of nitrogens with zero attached hydrogens (tertiary/aromatic N) is 3. The Hall–Kier alpha value is -3.01. The molecule has 0 atom stereocenters. The van der Waals surface area contributed by atoms with Gasteiger partial charge in [-0.15, -0.1) is 0 Å². The Bertz CT molecular complexity index is 778. The van der Waals surface area contributed by atoms with Crippen molar-refractivity contribution in [2.24, 2.45) is 0 Å². The van der Waals surface area contributed by atoms with Crippen LogP contribution in [0.15, 0.2) is 36.8 Å². The lowest BCUT2D eigenvalue weighted by atomic mass is 10.2. The molecule has 25 heavy (non-hydrogen) atoms. The first-order valence-corrected chi connectivity index (χ1v) is 6.73. The van der Waals surface area contributed by atoms with E-state index in [0.29, 0.717) is 6.07 Å². The van der Waals surface area contributed by atoms with Crippen LogP contribution in [-0.4, -0.2) is 36.1 Å². The highest BCUT2D eigenvalue weighted by molar-refractivity contribution is 6.08. The minimum atomic E-state index is -4.62. The van der Waals surface area contributed by atoms with Crippen LogP contribution in [0.3, 0.4) is 0 Å². The lowest BCUT2D eigenvalue weighted by Gasteiger charge is -2.21. The quantitative estimate of drug-likeness (QED) is 0.619. The van der Waals surface area contributed by atoms with Crippen molar-refractivity contribution in [1.82, 2.24) is 9.97 Å². The fourth-order valence-corrected chi connectivity index (χ4v) is 1.93. The molecule has 2 heterocycles. The van der Waals surface area contributed by atoms with Crippen LogP contribution in [0.4, 0.5) is 18.9 Å². The molecule has 0 saturated carbocycles. The Balaban J connectivity index is 2.39. The van der Waals surface area contributed by atoms with Gasteiger partial charge in [-0.3, -0.25) is 19.6 Å². The summed E-state index contributed by atoms with van der Waals surface area (Å²) in [5.41, 5.74) is -1.33. The topological polar surface area (TPSA) is 81.6 Å². The average molecular weight is 355 g/mol. The van der Waals surface area contributed by atoms with Crippen molar-refractivity contribution in [3.05, 3.63) is 53.6 Å². The van der Waals surface area contributed by atoms with E-state index in [2.05, 4.69) is 14.7 Å². The third kappa shape index (κ3) is 3.91. The molecule has 2 rings (SSSR count). The molecule has 2 aromatic heterocycles. The van der Waals surface area contributed by atoms with Crippen molar-refractivity contribution in [3.63, 3.8) is 0 Å². The second-order valence-electron chi connectivity index (χ2n) is 4.60. The molecule has 0 radical (unpaired) electrons. The van der Waals surface area contributed by atoms with Crippen molar-refractivity contribution in [1.29, 1.82) is 0 Å². The van der Waals surface area contributed by atoms with Gasteiger partial charge in [-0.25, -0.2) is 4.79 Å². The van der Waals surface area contributed by atoms with Crippen LogP contribution < -0.4 is 5.06 Å². The number of hydrogen-bond acceptors (Lipinski definition) is 6. The van der Waals surface area contributed by atoms with E-state index in [1.807, 2.05) is 0 Å². The lowest BCUT2D eigenvalue weighted by molar-refractivity contribution is -0.141. The molecule has 0 unspecified atom stereocenters. The molecular weight excluding hydrogens is 343 g/mol. The van der Waals surface area contributed by atoms with Crippen LogP contribution in [0.2, 0.25) is 0 Å². The highest BCUT2D eigenvalue weighted by atomic mass is 19.4. The van der Waals surface area contributed by atoms with Gasteiger partial charge >= 0.3 is 12.1 Å². The maximum atomic E-state index is 12.6. The number of methoxy groups -OCH3 is 1. The number of amides is 1. The van der Waals surface area contributed by atoms with E-state index in [-0.39, 0.29) is 16.8 Å². The largest absolute Gasteiger partial charge is 0.465 e. The van der Waals surface area contributed by atoms with E-state index >= 15 is 0 Å². The van der Waals surface area contributed by atoms with E-state index in [1.54, 1.807) is 0 Å². The number of alkyl halides is 3. The summed E-state index contributed by atoms with van der Waals surface area (Å²) in [6.07, 6.45) is -1.36. The minimum Gasteiger partial charge on any atom is -0.465 e. The molecule has 0 aliphatic heterocycles. The summed E-state index contributed by atoms with van der Waals surface area (Å²) in [4.78, 5) is 36.3. The first-order chi connectivity index (χ1) is 11.8. The van der Waals surface area contributed by atoms with Gasteiger partial charge in [0, 0.05) is 18.6 Å². The third-order valence-corrected chi connectivity index (χ3v) is 3.09. The van der Waals surface area contributed by atoms with Crippen molar-refractivity contribution >= 4 is 17.6 Å². The van der Waals surface area contributed by atoms with Crippen molar-refractivity contribution < 1.29 is 32.3 Å². The van der Waals surface area contributed by atoms with Gasteiger partial charge in [0.1, 0.15) is 11.3 Å². The Morgan fingerprint density at radius 2 is 1.84 bits per heavy atom. The number of rotatable bonds is 4. The first kappa shape index (κ1) is 18.3. The predicted octanol–water partition coefficient (Wildman–Crippen LogP) is 2.49. The molecule has 0 aliphatic rings. The van der Waals surface area contributed by atoms with E-state index < -0.39 is 23.7 Å². The summed E-state index contributed by atoms with van der Waals surface area (Å²) in [5, 5.41) is 0.734. The number of carbonyl (C=O) groups excluding carboxylic acids is 2. The zero-order valence-electron chi connectivity index (χ0n) is 13.1. The monoisotopic (exact) mass is 355 g/mol. The van der Waals surface area contributed by atoms with Crippen molar-refractivity contribution in [2.45, 2.75) is 6.18 Å². The molecule has 0 spiro atoms. The number of anilines is 1. The molecule has 0 fully saturated rings. The Morgan fingerprint density at radius 3 is 2.36 bits per heavy atom. The van der Waals surface area contributed by atoms with Crippen LogP contribution in [0.1, 0.15) is 26.4 Å². The van der Waals surface area contributed by atoms with Gasteiger partial charge in [0.25, 0.3) is 5.91 Å². The number of hydroxylamine groups is 1. The molecule has 0 saturated heterocycles. The molecule has 132 valence electrons. The van der Waals surface area contributed by atoms with Gasteiger partial charge in [-0.05, 0) is 18.2 Å². The van der Waals surface area contributed by atoms with Gasteiger partial charge in [0.2, 0.25) is 0 Å². The normalized spacial score (nSPS) is 11.1. The van der Waals surface area contributed by atoms with Crippen LogP contribution in [0, 0.1) is 0 Å². The highest BCUT2D eigenvalue weighted by Crippen LogP contribution is 2.28. The van der Waals surface area contributed by atoms with Crippen molar-refractivity contribution in [3.8, 4) is 0 Å². The molecule has 2 aromatic rings. The number of ether oxygens (including phenoxy) is 1. The van der Waals surface area contributed by atoms with Crippen LogP contribution in [0.25, 0.3) is 0 Å². The summed E-state index contributed by atoms with van der Waals surface area (Å²) < 4.78 is 42.3. The second kappa shape index (κ2) is 7.26. The van der Waals surface area contributed by atoms with Crippen molar-refractivity contribution in [2.75, 3.05) is 19.3 Å². The van der Waals surface area contributed by atoms with E-state index in [9.17, 15) is 22.8 Å². The summed E-state index contributed by atoms with van der Waals surface area (Å²) in [7, 11) is 2.31. The van der Waals surface area contributed by atoms with Crippen LogP contribution in [-0.2, 0) is 15.8 Å². The number of pyridine rings is 2. The smallest absolute Gasteiger partial charge is 0.433 e. The minimum absolute atomic E-state index is 0.0225. The number of carbonyl (C=O) groups is 2. The molecule has 10 heteroatoms. The number of halogens is 3. The van der Waals surface area contributed by atoms with E-state index in [0.717, 1.165) is 31.5 Å². The molecule has 0 aliphatic carbocycles. The zero-order valence-corrected chi connectivity index (χ0v) is 13.1. The fourth-order valence-electron chi connectivity index (χ4n) is 1.93. The molecule has 0 bridgehead atoms. The molecule has 1 amide bonds. The molecule has 0 aromatic carbocycles. The maximum Gasteiger partial charge on any atom is 0.433 e. The Labute approximate surface area is 140 Å². The molecular formula is C15H12F3N3O4. The highest BCUT2D eigenvalue weighted by Gasteiger charge is 2.33. The third-order valence-electron chi connectivity index (χ3n) is 3.09. The fraction of sp³-hybridized carbons (Fsp3) is 0.200. The second-order valence-corrected chi connectivity index (χ2v) is 4.60. The lowest BCUT2D eigenvalue weighted by Crippen LogP contribution is -2.31. The Morgan fingerprint density at radius 1 is 1.12 bits per heavy atom. The summed E-state index contributed by atoms with van der Waals surface area (Å²) in [5.74, 6) is -1.58. The van der Waals surface area contributed by atoms with E-state index in [1.165, 1.54) is 18.5 Å². The summed E-state index contributed by atoms with van der Waals surface area (Å²) >= 11 is 0. The standard InChI is InChI=1S/C15H12F3N3O4/c1-24-14(23)10-8-19-6-5-11(10)21(25-2)13(22)9-3-4-12(20-7-9)15(16,17)18/h3-8H,1-2H3. The summed E-state index contributed by atoms with van der Waals surface area (Å²) in [6, 6.07) is 2.96. The van der Waals surface area contributed by atoms with E-state index in [4.69, 9.17) is 4.84 Å². The average Bonchev–Trinajstić information content (AvgIpc) is 2.61. The maximum absolute atomic E-state index is 12.6. The SMILES string of the molecule is COC(=O)c1cnccc1N(OC)C(=O)c1ccc(C(F)(F)F)nc1. The number of hydrogen-bond donors (Lipinski definition) is 0. The van der Waals surface area contributed by atoms with Gasteiger partial charge in [-0.2, -0.15) is 18.2 Å². The molecule has 0 N–H and O–H groups in total. The van der Waals surface area contributed by atoms with Crippen LogP contribution >= 0.6 is 0 Å². The number of aromatic nitrogens is 2. The van der Waals surface area contributed by atoms with Gasteiger partial charge in [-0.1, -0.05) is 0 Å². The number of esters is 1. The van der Waals surface area contributed by atoms with Gasteiger partial charge < -0.3 is 4.74 Å². The zero-order chi connectivity index (χ0) is 18.6. The Kier molecular flexibility index (Phi) is 5.32. The molecule has 7 nitrogen and oxygen atoms in total. The van der Waals surface area contributed by atoms with Gasteiger partial charge in [0.15, 0.2) is 0 Å². The first-order valence-electron chi connectivity index (χ1n) is 6.73. The van der Waals surface area contributed by atoms with Gasteiger partial charge in [0.05, 0.1) is 25.5 Å². The predicted molar refractivity (Wildman–Crippen MR) is 78.6 cm³/mol. The summed E-state index contributed by atoms with van der Waals surface area (Å²) in [6.45, 7) is 0.